The molecule has 0 saturated carbocycles. The van der Waals surface area contributed by atoms with E-state index in [1.54, 1.807) is 0 Å². The molecule has 1 aromatic carbocycles. The number of carbonyl (C=O) groups is 1. The van der Waals surface area contributed by atoms with Crippen molar-refractivity contribution in [3.05, 3.63) is 47.5 Å². The Labute approximate surface area is 82.8 Å². The van der Waals surface area contributed by atoms with Crippen LogP contribution in [0.25, 0.3) is 0 Å². The Morgan fingerprint density at radius 1 is 1.21 bits per heavy atom. The first-order valence-electron chi connectivity index (χ1n) is 4.93. The molecule has 0 N–H and O–H groups in total. The molecule has 2 aliphatic rings. The van der Waals surface area contributed by atoms with Gasteiger partial charge >= 0.3 is 0 Å². The molecule has 0 fully saturated rings. The lowest BCUT2D eigenvalue weighted by Gasteiger charge is -2.26. The van der Waals surface area contributed by atoms with Crippen molar-refractivity contribution in [2.45, 2.75) is 12.5 Å². The van der Waals surface area contributed by atoms with Gasteiger partial charge in [0.2, 0.25) is 0 Å². The van der Waals surface area contributed by atoms with Crippen LogP contribution in [0.4, 0.5) is 0 Å². The molecular formula is C12H11NO. The summed E-state index contributed by atoms with van der Waals surface area (Å²) >= 11 is 0. The Hall–Kier alpha value is -1.57. The molecule has 2 nitrogen and oxygen atoms in total. The predicted molar refractivity (Wildman–Crippen MR) is 54.0 cm³/mol. The van der Waals surface area contributed by atoms with E-state index in [1.165, 1.54) is 5.56 Å². The van der Waals surface area contributed by atoms with Crippen molar-refractivity contribution in [3.63, 3.8) is 0 Å². The second-order valence-corrected chi connectivity index (χ2v) is 3.77. The summed E-state index contributed by atoms with van der Waals surface area (Å²) < 4.78 is 0. The van der Waals surface area contributed by atoms with E-state index >= 15 is 0 Å². The minimum absolute atomic E-state index is 0.190. The molecule has 3 rings (SSSR count). The fourth-order valence-corrected chi connectivity index (χ4v) is 2.32. The highest BCUT2D eigenvalue weighted by Crippen LogP contribution is 2.37. The van der Waals surface area contributed by atoms with Crippen molar-refractivity contribution in [2.24, 2.45) is 0 Å². The Kier molecular flexibility index (Phi) is 1.51. The van der Waals surface area contributed by atoms with Gasteiger partial charge in [0.05, 0.1) is 6.04 Å². The van der Waals surface area contributed by atoms with Gasteiger partial charge in [0.1, 0.15) is 0 Å². The quantitative estimate of drug-likeness (QED) is 0.567. The van der Waals surface area contributed by atoms with Crippen molar-refractivity contribution in [1.82, 2.24) is 4.90 Å². The summed E-state index contributed by atoms with van der Waals surface area (Å²) in [5.41, 5.74) is 2.09. The van der Waals surface area contributed by atoms with Crippen LogP contribution in [0.1, 0.15) is 28.4 Å². The van der Waals surface area contributed by atoms with Crippen LogP contribution < -0.4 is 0 Å². The fraction of sp³-hybridized carbons (Fsp3) is 0.250. The van der Waals surface area contributed by atoms with Gasteiger partial charge in [-0.3, -0.25) is 4.79 Å². The molecule has 2 heteroatoms. The minimum atomic E-state index is 0.190. The molecular weight excluding hydrogens is 174 g/mol. The van der Waals surface area contributed by atoms with Crippen LogP contribution in [-0.4, -0.2) is 17.4 Å². The molecule has 14 heavy (non-hydrogen) atoms. The molecule has 1 atom stereocenters. The Bertz CT molecular complexity index is 422. The molecule has 0 aliphatic carbocycles. The number of hydrogen-bond donors (Lipinski definition) is 0. The Morgan fingerprint density at radius 3 is 3.00 bits per heavy atom. The molecule has 2 aliphatic heterocycles. The molecule has 70 valence electrons. The van der Waals surface area contributed by atoms with Crippen molar-refractivity contribution in [1.29, 1.82) is 0 Å². The lowest BCUT2D eigenvalue weighted by atomic mass is 10.0. The molecule has 0 spiro atoms. The summed E-state index contributed by atoms with van der Waals surface area (Å²) in [6.45, 7) is 0.762. The van der Waals surface area contributed by atoms with Gasteiger partial charge in [0.25, 0.3) is 5.91 Å². The van der Waals surface area contributed by atoms with Crippen molar-refractivity contribution >= 4 is 5.91 Å². The number of carbonyl (C=O) groups excluding carboxylic acids is 1. The fourth-order valence-electron chi connectivity index (χ4n) is 2.32. The van der Waals surface area contributed by atoms with E-state index in [9.17, 15) is 4.79 Å². The lowest BCUT2D eigenvalue weighted by molar-refractivity contribution is 0.0741. The summed E-state index contributed by atoms with van der Waals surface area (Å²) in [6, 6.07) is 8.23. The Balaban J connectivity index is 2.15. The highest BCUT2D eigenvalue weighted by molar-refractivity contribution is 5.99. The maximum Gasteiger partial charge on any atom is 0.255 e. The monoisotopic (exact) mass is 185 g/mol. The first kappa shape index (κ1) is 7.80. The van der Waals surface area contributed by atoms with Gasteiger partial charge < -0.3 is 4.90 Å². The van der Waals surface area contributed by atoms with Gasteiger partial charge in [0.15, 0.2) is 0 Å². The van der Waals surface area contributed by atoms with Crippen LogP contribution in [-0.2, 0) is 0 Å². The van der Waals surface area contributed by atoms with Gasteiger partial charge in [-0.05, 0) is 18.1 Å². The average molecular weight is 185 g/mol. The summed E-state index contributed by atoms with van der Waals surface area (Å²) in [5, 5.41) is 0. The van der Waals surface area contributed by atoms with Crippen LogP contribution in [0.2, 0.25) is 0 Å². The largest absolute Gasteiger partial charge is 0.328 e. The number of amides is 1. The third-order valence-electron chi connectivity index (χ3n) is 3.02. The third-order valence-corrected chi connectivity index (χ3v) is 3.02. The van der Waals surface area contributed by atoms with Crippen LogP contribution in [0, 0.1) is 0 Å². The highest BCUT2D eigenvalue weighted by atomic mass is 16.2. The second kappa shape index (κ2) is 2.71. The normalized spacial score (nSPS) is 23.6. The van der Waals surface area contributed by atoms with E-state index < -0.39 is 0 Å². The maximum atomic E-state index is 11.9. The standard InChI is InChI=1S/C12H11NO/c14-12-10-6-2-1-5-9(10)11-7-3-4-8-13(11)12/h1-6,11H,7-8H2. The summed E-state index contributed by atoms with van der Waals surface area (Å²) in [4.78, 5) is 13.9. The maximum absolute atomic E-state index is 11.9. The first-order valence-corrected chi connectivity index (χ1v) is 4.93. The second-order valence-electron chi connectivity index (χ2n) is 3.77. The van der Waals surface area contributed by atoms with Gasteiger partial charge in [-0.2, -0.15) is 0 Å². The lowest BCUT2D eigenvalue weighted by Crippen LogP contribution is -2.29. The number of benzene rings is 1. The Morgan fingerprint density at radius 2 is 2.07 bits per heavy atom. The van der Waals surface area contributed by atoms with Crippen LogP contribution in [0.15, 0.2) is 36.4 Å². The predicted octanol–water partition coefficient (Wildman–Crippen LogP) is 2.14. The minimum Gasteiger partial charge on any atom is -0.328 e. The van der Waals surface area contributed by atoms with Crippen molar-refractivity contribution in [2.75, 3.05) is 6.54 Å². The van der Waals surface area contributed by atoms with Crippen molar-refractivity contribution < 1.29 is 4.79 Å². The molecule has 0 aromatic heterocycles. The van der Waals surface area contributed by atoms with E-state index in [2.05, 4.69) is 18.2 Å². The third kappa shape index (κ3) is 0.882. The number of hydrogen-bond acceptors (Lipinski definition) is 1. The molecule has 0 saturated heterocycles. The summed E-state index contributed by atoms with van der Waals surface area (Å²) in [6.07, 6.45) is 5.19. The van der Waals surface area contributed by atoms with Crippen LogP contribution in [0.5, 0.6) is 0 Å². The number of rotatable bonds is 0. The SMILES string of the molecule is O=C1c2ccccc2C2CC=CCN12. The molecule has 2 heterocycles. The number of nitrogens with zero attached hydrogens (tertiary/aromatic N) is 1. The molecule has 1 aromatic rings. The molecule has 1 amide bonds. The van der Waals surface area contributed by atoms with E-state index in [1.807, 2.05) is 23.1 Å². The topological polar surface area (TPSA) is 20.3 Å². The first-order chi connectivity index (χ1) is 6.88. The molecule has 1 unspecified atom stereocenters. The van der Waals surface area contributed by atoms with E-state index in [0.717, 1.165) is 18.5 Å². The molecule has 0 bridgehead atoms. The van der Waals surface area contributed by atoms with E-state index in [4.69, 9.17) is 0 Å². The van der Waals surface area contributed by atoms with Crippen LogP contribution >= 0.6 is 0 Å². The smallest absolute Gasteiger partial charge is 0.255 e. The van der Waals surface area contributed by atoms with Crippen LogP contribution in [0.3, 0.4) is 0 Å². The van der Waals surface area contributed by atoms with Gasteiger partial charge in [-0.1, -0.05) is 30.4 Å². The average Bonchev–Trinajstić information content (AvgIpc) is 2.55. The summed E-state index contributed by atoms with van der Waals surface area (Å²) in [7, 11) is 0. The van der Waals surface area contributed by atoms with Gasteiger partial charge in [-0.15, -0.1) is 0 Å². The highest BCUT2D eigenvalue weighted by Gasteiger charge is 2.35. The number of fused-ring (bicyclic) bond motifs is 3. The molecule has 0 radical (unpaired) electrons. The zero-order valence-corrected chi connectivity index (χ0v) is 7.81. The van der Waals surface area contributed by atoms with Crippen molar-refractivity contribution in [3.8, 4) is 0 Å². The van der Waals surface area contributed by atoms with Gasteiger partial charge in [0, 0.05) is 12.1 Å². The van der Waals surface area contributed by atoms with Gasteiger partial charge in [-0.25, -0.2) is 0 Å². The van der Waals surface area contributed by atoms with E-state index in [-0.39, 0.29) is 5.91 Å². The zero-order valence-electron chi connectivity index (χ0n) is 7.81. The summed E-state index contributed by atoms with van der Waals surface area (Å²) in [5.74, 6) is 0.190. The van der Waals surface area contributed by atoms with E-state index in [0.29, 0.717) is 6.04 Å². The zero-order chi connectivity index (χ0) is 9.54.